The molecule has 2 aromatic rings. The summed E-state index contributed by atoms with van der Waals surface area (Å²) < 4.78 is 5.21. The van der Waals surface area contributed by atoms with Crippen LogP contribution in [0.4, 0.5) is 10.8 Å². The molecular weight excluding hydrogens is 260 g/mol. The Morgan fingerprint density at radius 3 is 2.68 bits per heavy atom. The second kappa shape index (κ2) is 5.48. The molecular formula is C14H18N2O2S. The quantitative estimate of drug-likeness (QED) is 0.886. The van der Waals surface area contributed by atoms with E-state index in [4.69, 9.17) is 4.74 Å². The lowest BCUT2D eigenvalue weighted by Crippen LogP contribution is -1.93. The molecule has 1 heterocycles. The molecule has 0 aliphatic carbocycles. The third-order valence-electron chi connectivity index (χ3n) is 2.85. The fourth-order valence-electron chi connectivity index (χ4n) is 1.73. The molecule has 1 aromatic heterocycles. The van der Waals surface area contributed by atoms with Gasteiger partial charge in [-0.05, 0) is 24.5 Å². The lowest BCUT2D eigenvalue weighted by Gasteiger charge is -2.08. The summed E-state index contributed by atoms with van der Waals surface area (Å²) in [6.45, 7) is 6.08. The molecule has 0 unspecified atom stereocenters. The predicted molar refractivity (Wildman–Crippen MR) is 78.9 cm³/mol. The highest BCUT2D eigenvalue weighted by atomic mass is 32.1. The van der Waals surface area contributed by atoms with Crippen LogP contribution in [0.25, 0.3) is 0 Å². The SMILES string of the molecule is COc1ccc(C)c(Nc2nc(O)c(C(C)C)s2)c1. The van der Waals surface area contributed by atoms with Gasteiger partial charge in [-0.3, -0.25) is 0 Å². The van der Waals surface area contributed by atoms with E-state index >= 15 is 0 Å². The van der Waals surface area contributed by atoms with Gasteiger partial charge in [-0.1, -0.05) is 31.3 Å². The van der Waals surface area contributed by atoms with Crippen molar-refractivity contribution in [1.82, 2.24) is 4.98 Å². The summed E-state index contributed by atoms with van der Waals surface area (Å²) in [4.78, 5) is 5.04. The monoisotopic (exact) mass is 278 g/mol. The highest BCUT2D eigenvalue weighted by Gasteiger charge is 2.14. The number of rotatable bonds is 4. The smallest absolute Gasteiger partial charge is 0.227 e. The third kappa shape index (κ3) is 2.98. The van der Waals surface area contributed by atoms with Gasteiger partial charge in [0, 0.05) is 11.8 Å². The zero-order chi connectivity index (χ0) is 14.0. The number of aromatic nitrogens is 1. The number of ether oxygens (including phenoxy) is 1. The van der Waals surface area contributed by atoms with Crippen LogP contribution >= 0.6 is 11.3 Å². The summed E-state index contributed by atoms with van der Waals surface area (Å²) in [5, 5.41) is 13.7. The zero-order valence-electron chi connectivity index (χ0n) is 11.5. The van der Waals surface area contributed by atoms with Gasteiger partial charge in [0.05, 0.1) is 12.0 Å². The molecule has 2 rings (SSSR count). The topological polar surface area (TPSA) is 54.4 Å². The van der Waals surface area contributed by atoms with Gasteiger partial charge in [0.2, 0.25) is 5.88 Å². The van der Waals surface area contributed by atoms with Gasteiger partial charge in [0.15, 0.2) is 5.13 Å². The van der Waals surface area contributed by atoms with E-state index in [0.29, 0.717) is 5.13 Å². The summed E-state index contributed by atoms with van der Waals surface area (Å²) in [5.41, 5.74) is 2.03. The average molecular weight is 278 g/mol. The van der Waals surface area contributed by atoms with E-state index in [1.807, 2.05) is 39.0 Å². The van der Waals surface area contributed by atoms with Crippen LogP contribution < -0.4 is 10.1 Å². The minimum atomic E-state index is 0.114. The van der Waals surface area contributed by atoms with Crippen molar-refractivity contribution < 1.29 is 9.84 Å². The van der Waals surface area contributed by atoms with E-state index in [2.05, 4.69) is 10.3 Å². The molecule has 0 bridgehead atoms. The van der Waals surface area contributed by atoms with E-state index in [-0.39, 0.29) is 11.8 Å². The Kier molecular flexibility index (Phi) is 3.95. The van der Waals surface area contributed by atoms with E-state index in [1.165, 1.54) is 11.3 Å². The van der Waals surface area contributed by atoms with Crippen LogP contribution in [0.2, 0.25) is 0 Å². The van der Waals surface area contributed by atoms with E-state index in [9.17, 15) is 5.11 Å². The number of thiazole rings is 1. The van der Waals surface area contributed by atoms with Gasteiger partial charge in [0.25, 0.3) is 0 Å². The van der Waals surface area contributed by atoms with Crippen molar-refractivity contribution in [2.24, 2.45) is 0 Å². The third-order valence-corrected chi connectivity index (χ3v) is 4.11. The number of hydrogen-bond donors (Lipinski definition) is 2. The van der Waals surface area contributed by atoms with E-state index in [0.717, 1.165) is 21.9 Å². The predicted octanol–water partition coefficient (Wildman–Crippen LogP) is 4.03. The molecule has 0 atom stereocenters. The van der Waals surface area contributed by atoms with Crippen molar-refractivity contribution in [3.63, 3.8) is 0 Å². The van der Waals surface area contributed by atoms with Crippen LogP contribution in [-0.4, -0.2) is 17.2 Å². The maximum absolute atomic E-state index is 9.78. The standard InChI is InChI=1S/C14H18N2O2S/c1-8(2)12-13(17)16-14(19-12)15-11-7-10(18-4)6-5-9(11)3/h5-8,17H,1-4H3,(H,15,16). The minimum absolute atomic E-state index is 0.114. The van der Waals surface area contributed by atoms with Crippen molar-refractivity contribution in [3.05, 3.63) is 28.6 Å². The molecule has 0 amide bonds. The van der Waals surface area contributed by atoms with Gasteiger partial charge in [-0.25, -0.2) is 0 Å². The van der Waals surface area contributed by atoms with Crippen molar-refractivity contribution in [3.8, 4) is 11.6 Å². The molecule has 19 heavy (non-hydrogen) atoms. The summed E-state index contributed by atoms with van der Waals surface area (Å²) in [5.74, 6) is 1.17. The number of nitrogens with one attached hydrogen (secondary N) is 1. The number of hydrogen-bond acceptors (Lipinski definition) is 5. The van der Waals surface area contributed by atoms with Crippen LogP contribution in [0, 0.1) is 6.92 Å². The molecule has 0 spiro atoms. The molecule has 0 saturated carbocycles. The van der Waals surface area contributed by atoms with E-state index in [1.54, 1.807) is 7.11 Å². The first kappa shape index (κ1) is 13.7. The molecule has 102 valence electrons. The first-order chi connectivity index (χ1) is 9.01. The summed E-state index contributed by atoms with van der Waals surface area (Å²) in [7, 11) is 1.64. The Balaban J connectivity index is 2.28. The van der Waals surface area contributed by atoms with Crippen molar-refractivity contribution in [1.29, 1.82) is 0 Å². The van der Waals surface area contributed by atoms with Crippen molar-refractivity contribution >= 4 is 22.2 Å². The highest BCUT2D eigenvalue weighted by molar-refractivity contribution is 7.16. The molecule has 0 radical (unpaired) electrons. The molecule has 2 N–H and O–H groups in total. The highest BCUT2D eigenvalue weighted by Crippen LogP contribution is 2.36. The van der Waals surface area contributed by atoms with Crippen LogP contribution in [0.3, 0.4) is 0 Å². The summed E-state index contributed by atoms with van der Waals surface area (Å²) >= 11 is 1.47. The number of benzene rings is 1. The molecule has 0 aliphatic heterocycles. The van der Waals surface area contributed by atoms with Gasteiger partial charge in [-0.2, -0.15) is 4.98 Å². The zero-order valence-corrected chi connectivity index (χ0v) is 12.3. The van der Waals surface area contributed by atoms with Gasteiger partial charge >= 0.3 is 0 Å². The number of nitrogens with zero attached hydrogens (tertiary/aromatic N) is 1. The van der Waals surface area contributed by atoms with Crippen molar-refractivity contribution in [2.45, 2.75) is 26.7 Å². The second-order valence-electron chi connectivity index (χ2n) is 4.67. The molecule has 0 aliphatic rings. The Morgan fingerprint density at radius 1 is 1.37 bits per heavy atom. The summed E-state index contributed by atoms with van der Waals surface area (Å²) in [6, 6.07) is 5.82. The fourth-order valence-corrected chi connectivity index (χ4v) is 2.61. The Bertz CT molecular complexity index is 579. The Hall–Kier alpha value is -1.75. The van der Waals surface area contributed by atoms with Gasteiger partial charge < -0.3 is 15.2 Å². The molecule has 4 nitrogen and oxygen atoms in total. The van der Waals surface area contributed by atoms with Crippen molar-refractivity contribution in [2.75, 3.05) is 12.4 Å². The largest absolute Gasteiger partial charge is 0.497 e. The maximum atomic E-state index is 9.78. The molecule has 0 saturated heterocycles. The summed E-state index contributed by atoms with van der Waals surface area (Å²) in [6.07, 6.45) is 0. The average Bonchev–Trinajstić information content (AvgIpc) is 2.73. The number of methoxy groups -OCH3 is 1. The molecule has 5 heteroatoms. The lowest BCUT2D eigenvalue weighted by atomic mass is 10.2. The number of anilines is 2. The van der Waals surface area contributed by atoms with Crippen LogP contribution in [0.5, 0.6) is 11.6 Å². The van der Waals surface area contributed by atoms with Crippen LogP contribution in [-0.2, 0) is 0 Å². The van der Waals surface area contributed by atoms with Crippen LogP contribution in [0.15, 0.2) is 18.2 Å². The normalized spacial score (nSPS) is 10.8. The lowest BCUT2D eigenvalue weighted by molar-refractivity contribution is 0.415. The van der Waals surface area contributed by atoms with Crippen LogP contribution in [0.1, 0.15) is 30.2 Å². The minimum Gasteiger partial charge on any atom is -0.497 e. The fraction of sp³-hybridized carbons (Fsp3) is 0.357. The first-order valence-electron chi connectivity index (χ1n) is 6.12. The first-order valence-corrected chi connectivity index (χ1v) is 6.94. The second-order valence-corrected chi connectivity index (χ2v) is 5.70. The van der Waals surface area contributed by atoms with E-state index < -0.39 is 0 Å². The molecule has 1 aromatic carbocycles. The van der Waals surface area contributed by atoms with Gasteiger partial charge in [-0.15, -0.1) is 0 Å². The van der Waals surface area contributed by atoms with Gasteiger partial charge in [0.1, 0.15) is 5.75 Å². The number of aromatic hydroxyl groups is 1. The maximum Gasteiger partial charge on any atom is 0.227 e. The Labute approximate surface area is 117 Å². The number of aryl methyl sites for hydroxylation is 1. The molecule has 0 fully saturated rings. The Morgan fingerprint density at radius 2 is 2.11 bits per heavy atom.